The lowest BCUT2D eigenvalue weighted by Crippen LogP contribution is -2.44. The number of furan rings is 1. The van der Waals surface area contributed by atoms with Gasteiger partial charge in [-0.25, -0.2) is 17.9 Å². The van der Waals surface area contributed by atoms with Crippen LogP contribution >= 0.6 is 0 Å². The van der Waals surface area contributed by atoms with Crippen LogP contribution in [-0.4, -0.2) is 49.4 Å². The molecule has 1 aromatic rings. The Morgan fingerprint density at radius 2 is 2.05 bits per heavy atom. The summed E-state index contributed by atoms with van der Waals surface area (Å²) >= 11 is 0. The first-order chi connectivity index (χ1) is 10.2. The summed E-state index contributed by atoms with van der Waals surface area (Å²) in [6, 6.07) is 0.0175. The highest BCUT2D eigenvalue weighted by Gasteiger charge is 2.40. The van der Waals surface area contributed by atoms with E-state index in [9.17, 15) is 18.0 Å². The molecule has 1 heterocycles. The van der Waals surface area contributed by atoms with Crippen LogP contribution in [-0.2, 0) is 14.8 Å². The molecule has 0 aliphatic heterocycles. The van der Waals surface area contributed by atoms with Crippen molar-refractivity contribution in [2.75, 3.05) is 7.05 Å². The first-order valence-corrected chi connectivity index (χ1v) is 8.26. The highest BCUT2D eigenvalue weighted by atomic mass is 32.2. The Morgan fingerprint density at radius 3 is 2.50 bits per heavy atom. The van der Waals surface area contributed by atoms with Gasteiger partial charge in [0.05, 0.1) is 5.56 Å². The number of amides is 1. The second-order valence-electron chi connectivity index (χ2n) is 5.20. The van der Waals surface area contributed by atoms with Gasteiger partial charge in [0.15, 0.2) is 0 Å². The largest absolute Gasteiger partial charge is 0.480 e. The quantitative estimate of drug-likeness (QED) is 0.787. The van der Waals surface area contributed by atoms with Crippen molar-refractivity contribution < 1.29 is 27.5 Å². The first-order valence-electron chi connectivity index (χ1n) is 6.78. The molecule has 0 bridgehead atoms. The molecule has 1 atom stereocenters. The van der Waals surface area contributed by atoms with Gasteiger partial charge in [0.25, 0.3) is 15.9 Å². The van der Waals surface area contributed by atoms with Gasteiger partial charge in [-0.05, 0) is 33.7 Å². The summed E-state index contributed by atoms with van der Waals surface area (Å²) in [7, 11) is -2.57. The number of sulfonamides is 1. The summed E-state index contributed by atoms with van der Waals surface area (Å²) < 4.78 is 30.7. The zero-order chi connectivity index (χ0) is 16.7. The average Bonchev–Trinajstić information content (AvgIpc) is 3.19. The zero-order valence-electron chi connectivity index (χ0n) is 12.5. The predicted molar refractivity (Wildman–Crippen MR) is 76.0 cm³/mol. The molecular weight excluding hydrogens is 312 g/mol. The molecule has 22 heavy (non-hydrogen) atoms. The number of aryl methyl sites for hydroxylation is 1. The van der Waals surface area contributed by atoms with E-state index >= 15 is 0 Å². The number of carbonyl (C=O) groups excluding carboxylic acids is 1. The lowest BCUT2D eigenvalue weighted by atomic mass is 10.2. The summed E-state index contributed by atoms with van der Waals surface area (Å²) in [5, 5.41) is 8.78. The standard InChI is InChI=1S/C13H18N2O6S/c1-7(13(17)18)15(9-4-5-9)12(16)10-6-11(21-8(10)2)22(19,20)14-3/h6-7,9,14H,4-5H2,1-3H3,(H,17,18). The molecule has 1 aromatic heterocycles. The Labute approximate surface area is 128 Å². The van der Waals surface area contributed by atoms with Gasteiger partial charge in [0, 0.05) is 12.1 Å². The Kier molecular flexibility index (Phi) is 4.30. The SMILES string of the molecule is CNS(=O)(=O)c1cc(C(=O)N(C2CC2)C(C)C(=O)O)c(C)o1. The molecule has 1 aliphatic carbocycles. The summed E-state index contributed by atoms with van der Waals surface area (Å²) in [4.78, 5) is 25.1. The fourth-order valence-electron chi connectivity index (χ4n) is 2.17. The van der Waals surface area contributed by atoms with Crippen LogP contribution in [0.15, 0.2) is 15.6 Å². The summed E-state index contributed by atoms with van der Waals surface area (Å²) in [5.74, 6) is -1.50. The Bertz CT molecular complexity index is 704. The molecule has 1 unspecified atom stereocenters. The number of carboxylic acids is 1. The molecule has 1 aliphatic rings. The van der Waals surface area contributed by atoms with Gasteiger partial charge < -0.3 is 14.4 Å². The van der Waals surface area contributed by atoms with Gasteiger partial charge in [-0.2, -0.15) is 0 Å². The minimum Gasteiger partial charge on any atom is -0.480 e. The molecule has 2 N–H and O–H groups in total. The molecule has 1 amide bonds. The molecule has 0 aromatic carbocycles. The van der Waals surface area contributed by atoms with Gasteiger partial charge in [-0.15, -0.1) is 0 Å². The summed E-state index contributed by atoms with van der Waals surface area (Å²) in [6.45, 7) is 2.90. The van der Waals surface area contributed by atoms with E-state index < -0.39 is 27.9 Å². The maximum absolute atomic E-state index is 12.6. The smallest absolute Gasteiger partial charge is 0.326 e. The third kappa shape index (κ3) is 3.00. The molecule has 1 saturated carbocycles. The van der Waals surface area contributed by atoms with Gasteiger partial charge >= 0.3 is 5.97 Å². The average molecular weight is 330 g/mol. The van der Waals surface area contributed by atoms with Gasteiger partial charge in [-0.1, -0.05) is 0 Å². The van der Waals surface area contributed by atoms with E-state index in [0.29, 0.717) is 0 Å². The van der Waals surface area contributed by atoms with E-state index in [0.717, 1.165) is 18.9 Å². The van der Waals surface area contributed by atoms with Gasteiger partial charge in [-0.3, -0.25) is 4.79 Å². The Hall–Kier alpha value is -1.87. The summed E-state index contributed by atoms with van der Waals surface area (Å²) in [6.07, 6.45) is 1.48. The van der Waals surface area contributed by atoms with E-state index in [1.807, 2.05) is 0 Å². The van der Waals surface area contributed by atoms with E-state index in [-0.39, 0.29) is 22.5 Å². The number of hydrogen-bond donors (Lipinski definition) is 2. The molecule has 1 fully saturated rings. The third-order valence-electron chi connectivity index (χ3n) is 3.61. The van der Waals surface area contributed by atoms with Crippen LogP contribution in [0.25, 0.3) is 0 Å². The highest BCUT2D eigenvalue weighted by Crippen LogP contribution is 2.31. The first kappa shape index (κ1) is 16.5. The number of hydrogen-bond acceptors (Lipinski definition) is 5. The van der Waals surface area contributed by atoms with Crippen molar-refractivity contribution in [1.29, 1.82) is 0 Å². The van der Waals surface area contributed by atoms with E-state index in [2.05, 4.69) is 4.72 Å². The molecule has 0 saturated heterocycles. The van der Waals surface area contributed by atoms with Crippen molar-refractivity contribution in [3.63, 3.8) is 0 Å². The second-order valence-corrected chi connectivity index (χ2v) is 7.02. The van der Waals surface area contributed by atoms with Crippen molar-refractivity contribution in [2.45, 2.75) is 43.9 Å². The lowest BCUT2D eigenvalue weighted by molar-refractivity contribution is -0.141. The van der Waals surface area contributed by atoms with Crippen LogP contribution in [0.2, 0.25) is 0 Å². The fraction of sp³-hybridized carbons (Fsp3) is 0.538. The molecule has 122 valence electrons. The van der Waals surface area contributed by atoms with Crippen molar-refractivity contribution in [2.24, 2.45) is 0 Å². The number of nitrogens with zero attached hydrogens (tertiary/aromatic N) is 1. The van der Waals surface area contributed by atoms with E-state index in [4.69, 9.17) is 9.52 Å². The maximum Gasteiger partial charge on any atom is 0.326 e. The Balaban J connectivity index is 2.38. The van der Waals surface area contributed by atoms with Crippen LogP contribution in [0.1, 0.15) is 35.9 Å². The number of aliphatic carboxylic acids is 1. The fourth-order valence-corrected chi connectivity index (χ4v) is 2.88. The molecule has 8 nitrogen and oxygen atoms in total. The number of rotatable bonds is 6. The predicted octanol–water partition coefficient (Wildman–Crippen LogP) is 0.574. The van der Waals surface area contributed by atoms with E-state index in [1.165, 1.54) is 25.8 Å². The van der Waals surface area contributed by atoms with Crippen LogP contribution in [0.5, 0.6) is 0 Å². The van der Waals surface area contributed by atoms with Crippen molar-refractivity contribution in [3.8, 4) is 0 Å². The summed E-state index contributed by atoms with van der Waals surface area (Å²) in [5.41, 5.74) is 0.0637. The minimum absolute atomic E-state index is 0.0637. The second kappa shape index (κ2) is 5.73. The van der Waals surface area contributed by atoms with Crippen LogP contribution in [0, 0.1) is 6.92 Å². The molecule has 2 rings (SSSR count). The minimum atomic E-state index is -3.80. The van der Waals surface area contributed by atoms with Gasteiger partial charge in [0.1, 0.15) is 11.8 Å². The number of nitrogens with one attached hydrogen (secondary N) is 1. The molecule has 0 spiro atoms. The van der Waals surface area contributed by atoms with Crippen LogP contribution < -0.4 is 4.72 Å². The Morgan fingerprint density at radius 1 is 1.45 bits per heavy atom. The van der Waals surface area contributed by atoms with Crippen molar-refractivity contribution >= 4 is 21.9 Å². The number of carbonyl (C=O) groups is 2. The van der Waals surface area contributed by atoms with Crippen LogP contribution in [0.4, 0.5) is 0 Å². The van der Waals surface area contributed by atoms with Crippen molar-refractivity contribution in [3.05, 3.63) is 17.4 Å². The van der Waals surface area contributed by atoms with Crippen molar-refractivity contribution in [1.82, 2.24) is 9.62 Å². The normalized spacial score (nSPS) is 16.3. The highest BCUT2D eigenvalue weighted by molar-refractivity contribution is 7.89. The molecule has 9 heteroatoms. The number of carboxylic acid groups (broad SMARTS) is 1. The maximum atomic E-state index is 12.6. The topological polar surface area (TPSA) is 117 Å². The van der Waals surface area contributed by atoms with Crippen LogP contribution in [0.3, 0.4) is 0 Å². The molecular formula is C13H18N2O6S. The molecule has 0 radical (unpaired) electrons. The third-order valence-corrected chi connectivity index (χ3v) is 4.88. The van der Waals surface area contributed by atoms with Gasteiger partial charge in [0.2, 0.25) is 5.09 Å². The zero-order valence-corrected chi connectivity index (χ0v) is 13.3. The monoisotopic (exact) mass is 330 g/mol. The lowest BCUT2D eigenvalue weighted by Gasteiger charge is -2.26. The van der Waals surface area contributed by atoms with E-state index in [1.54, 1.807) is 0 Å².